The van der Waals surface area contributed by atoms with Crippen LogP contribution in [-0.4, -0.2) is 0 Å². The van der Waals surface area contributed by atoms with Gasteiger partial charge >= 0.3 is 0 Å². The molecular weight excluding hydrogens is 180 g/mol. The standard InChI is InChI=1S/C15H28/c1-10-11(2)13(4)15(7,8)9-14(5,6)12(10)3/h12-13H,9H2,1-8H3. The summed E-state index contributed by atoms with van der Waals surface area (Å²) in [5, 5.41) is 0. The van der Waals surface area contributed by atoms with E-state index in [4.69, 9.17) is 0 Å². The van der Waals surface area contributed by atoms with Crippen LogP contribution in [0, 0.1) is 22.7 Å². The minimum Gasteiger partial charge on any atom is -0.0707 e. The lowest BCUT2D eigenvalue weighted by Crippen LogP contribution is -2.29. The van der Waals surface area contributed by atoms with Crippen molar-refractivity contribution in [3.8, 4) is 0 Å². The highest BCUT2D eigenvalue weighted by molar-refractivity contribution is 5.21. The number of rotatable bonds is 0. The van der Waals surface area contributed by atoms with E-state index in [9.17, 15) is 0 Å². The zero-order chi connectivity index (χ0) is 12.0. The molecule has 0 saturated carbocycles. The van der Waals surface area contributed by atoms with Crippen LogP contribution in [0.3, 0.4) is 0 Å². The van der Waals surface area contributed by atoms with E-state index in [-0.39, 0.29) is 0 Å². The monoisotopic (exact) mass is 208 g/mol. The van der Waals surface area contributed by atoms with Gasteiger partial charge in [0.2, 0.25) is 0 Å². The fraction of sp³-hybridized carbons (Fsp3) is 0.867. The van der Waals surface area contributed by atoms with Gasteiger partial charge in [0.1, 0.15) is 0 Å². The molecule has 0 amide bonds. The van der Waals surface area contributed by atoms with Crippen molar-refractivity contribution < 1.29 is 0 Å². The van der Waals surface area contributed by atoms with Crippen molar-refractivity contribution in [2.24, 2.45) is 22.7 Å². The topological polar surface area (TPSA) is 0 Å². The second kappa shape index (κ2) is 3.64. The number of hydrogen-bond acceptors (Lipinski definition) is 0. The molecule has 0 N–H and O–H groups in total. The van der Waals surface area contributed by atoms with Gasteiger partial charge < -0.3 is 0 Å². The summed E-state index contributed by atoms with van der Waals surface area (Å²) in [7, 11) is 0. The van der Waals surface area contributed by atoms with E-state index in [2.05, 4.69) is 55.4 Å². The summed E-state index contributed by atoms with van der Waals surface area (Å²) in [6, 6.07) is 0. The highest BCUT2D eigenvalue weighted by Crippen LogP contribution is 2.51. The first-order valence-corrected chi connectivity index (χ1v) is 6.27. The Labute approximate surface area is 96.2 Å². The third-order valence-electron chi connectivity index (χ3n) is 5.18. The van der Waals surface area contributed by atoms with E-state index in [1.807, 2.05) is 0 Å². The molecule has 1 aliphatic carbocycles. The molecule has 88 valence electrons. The van der Waals surface area contributed by atoms with Gasteiger partial charge in [-0.25, -0.2) is 0 Å². The Morgan fingerprint density at radius 2 is 1.07 bits per heavy atom. The summed E-state index contributed by atoms with van der Waals surface area (Å²) < 4.78 is 0. The summed E-state index contributed by atoms with van der Waals surface area (Å²) in [6.07, 6.45) is 1.32. The Morgan fingerprint density at radius 3 is 1.33 bits per heavy atom. The predicted molar refractivity (Wildman–Crippen MR) is 68.9 cm³/mol. The lowest BCUT2D eigenvalue weighted by atomic mass is 9.66. The van der Waals surface area contributed by atoms with E-state index in [0.29, 0.717) is 22.7 Å². The Bertz CT molecular complexity index is 250. The minimum atomic E-state index is 0.430. The maximum atomic E-state index is 2.42. The van der Waals surface area contributed by atoms with Crippen LogP contribution in [0.2, 0.25) is 0 Å². The van der Waals surface area contributed by atoms with E-state index in [0.717, 1.165) is 0 Å². The average Bonchev–Trinajstić information content (AvgIpc) is 2.13. The number of allylic oxidation sites excluding steroid dienone is 2. The normalized spacial score (nSPS) is 35.2. The Kier molecular flexibility index (Phi) is 3.11. The van der Waals surface area contributed by atoms with Gasteiger partial charge in [-0.05, 0) is 42.9 Å². The fourth-order valence-electron chi connectivity index (χ4n) is 3.34. The van der Waals surface area contributed by atoms with E-state index < -0.39 is 0 Å². The molecule has 2 unspecified atom stereocenters. The van der Waals surface area contributed by atoms with Gasteiger partial charge in [-0.1, -0.05) is 52.7 Å². The molecule has 0 aromatic rings. The van der Waals surface area contributed by atoms with E-state index in [1.54, 1.807) is 11.1 Å². The van der Waals surface area contributed by atoms with Crippen molar-refractivity contribution in [1.82, 2.24) is 0 Å². The minimum absolute atomic E-state index is 0.430. The van der Waals surface area contributed by atoms with Gasteiger partial charge in [0, 0.05) is 0 Å². The summed E-state index contributed by atoms with van der Waals surface area (Å²) >= 11 is 0. The van der Waals surface area contributed by atoms with Crippen LogP contribution in [0.4, 0.5) is 0 Å². The Morgan fingerprint density at radius 1 is 0.800 bits per heavy atom. The third-order valence-corrected chi connectivity index (χ3v) is 5.18. The van der Waals surface area contributed by atoms with Gasteiger partial charge in [0.15, 0.2) is 0 Å². The van der Waals surface area contributed by atoms with Crippen LogP contribution in [0.25, 0.3) is 0 Å². The zero-order valence-electron chi connectivity index (χ0n) is 11.9. The molecule has 0 aliphatic heterocycles. The molecule has 0 radical (unpaired) electrons. The molecule has 1 aliphatic rings. The van der Waals surface area contributed by atoms with Gasteiger partial charge in [-0.3, -0.25) is 0 Å². The highest BCUT2D eigenvalue weighted by atomic mass is 14.5. The van der Waals surface area contributed by atoms with Crippen molar-refractivity contribution >= 4 is 0 Å². The molecule has 0 aromatic carbocycles. The molecule has 0 heterocycles. The summed E-state index contributed by atoms with van der Waals surface area (Å²) in [5.41, 5.74) is 4.11. The first kappa shape index (κ1) is 12.8. The third kappa shape index (κ3) is 2.14. The highest BCUT2D eigenvalue weighted by Gasteiger charge is 2.41. The summed E-state index contributed by atoms with van der Waals surface area (Å²) in [5.74, 6) is 1.42. The van der Waals surface area contributed by atoms with E-state index in [1.165, 1.54) is 6.42 Å². The molecule has 0 aromatic heterocycles. The summed E-state index contributed by atoms with van der Waals surface area (Å²) in [4.78, 5) is 0. The smallest absolute Gasteiger partial charge is 0.0180 e. The fourth-order valence-corrected chi connectivity index (χ4v) is 3.34. The maximum Gasteiger partial charge on any atom is -0.0180 e. The molecule has 0 nitrogen and oxygen atoms in total. The molecule has 15 heavy (non-hydrogen) atoms. The number of hydrogen-bond donors (Lipinski definition) is 0. The largest absolute Gasteiger partial charge is 0.0707 e. The summed E-state index contributed by atoms with van der Waals surface area (Å²) in [6.45, 7) is 19.2. The SMILES string of the molecule is CC1=C(C)C(C)C(C)(C)CC(C)(C)C1C. The van der Waals surface area contributed by atoms with Crippen LogP contribution in [0.1, 0.15) is 61.8 Å². The second-order valence-corrected chi connectivity index (χ2v) is 6.96. The van der Waals surface area contributed by atoms with Crippen LogP contribution in [0.5, 0.6) is 0 Å². The molecule has 0 bridgehead atoms. The second-order valence-electron chi connectivity index (χ2n) is 6.96. The Hall–Kier alpha value is -0.260. The van der Waals surface area contributed by atoms with Gasteiger partial charge in [0.05, 0.1) is 0 Å². The van der Waals surface area contributed by atoms with Gasteiger partial charge in [-0.15, -0.1) is 0 Å². The average molecular weight is 208 g/mol. The maximum absolute atomic E-state index is 2.42. The molecule has 2 atom stereocenters. The quantitative estimate of drug-likeness (QED) is 0.489. The lowest BCUT2D eigenvalue weighted by molar-refractivity contribution is 0.130. The predicted octanol–water partition coefficient (Wildman–Crippen LogP) is 5.05. The van der Waals surface area contributed by atoms with Crippen LogP contribution >= 0.6 is 0 Å². The van der Waals surface area contributed by atoms with Gasteiger partial charge in [-0.2, -0.15) is 0 Å². The van der Waals surface area contributed by atoms with Crippen LogP contribution in [-0.2, 0) is 0 Å². The molecule has 0 heteroatoms. The first-order chi connectivity index (χ1) is 6.59. The molecular formula is C15H28. The van der Waals surface area contributed by atoms with Crippen molar-refractivity contribution in [2.75, 3.05) is 0 Å². The Balaban J connectivity index is 3.25. The molecule has 0 saturated heterocycles. The first-order valence-electron chi connectivity index (χ1n) is 6.27. The van der Waals surface area contributed by atoms with Crippen molar-refractivity contribution in [3.05, 3.63) is 11.1 Å². The molecule has 0 spiro atoms. The van der Waals surface area contributed by atoms with E-state index >= 15 is 0 Å². The lowest BCUT2D eigenvalue weighted by Gasteiger charge is -2.38. The van der Waals surface area contributed by atoms with Gasteiger partial charge in [0.25, 0.3) is 0 Å². The molecule has 0 fully saturated rings. The van der Waals surface area contributed by atoms with Crippen LogP contribution < -0.4 is 0 Å². The van der Waals surface area contributed by atoms with Crippen molar-refractivity contribution in [3.63, 3.8) is 0 Å². The van der Waals surface area contributed by atoms with Crippen LogP contribution in [0.15, 0.2) is 11.1 Å². The van der Waals surface area contributed by atoms with Crippen molar-refractivity contribution in [1.29, 1.82) is 0 Å². The zero-order valence-corrected chi connectivity index (χ0v) is 11.9. The van der Waals surface area contributed by atoms with Crippen molar-refractivity contribution in [2.45, 2.75) is 61.8 Å². The molecule has 1 rings (SSSR count).